The van der Waals surface area contributed by atoms with E-state index in [2.05, 4.69) is 6.07 Å². The van der Waals surface area contributed by atoms with Crippen LogP contribution in [0.25, 0.3) is 9.40 Å². The summed E-state index contributed by atoms with van der Waals surface area (Å²) in [4.78, 5) is 0.807. The van der Waals surface area contributed by atoms with Crippen LogP contribution in [0.15, 0.2) is 17.5 Å². The van der Waals surface area contributed by atoms with E-state index in [9.17, 15) is 0 Å². The number of fused-ring (bicyclic) bond motifs is 1. The number of nitriles is 1. The molecule has 48 valence electrons. The molecule has 0 aliphatic heterocycles. The predicted octanol–water partition coefficient (Wildman–Crippen LogP) is 2.83. The molecule has 0 aliphatic carbocycles. The maximum Gasteiger partial charge on any atom is 0.110 e. The largest absolute Gasteiger partial charge is 0.192 e. The molecule has 0 amide bonds. The molecule has 2 aromatic heterocycles. The maximum absolute atomic E-state index is 8.52. The smallest absolute Gasteiger partial charge is 0.110 e. The van der Waals surface area contributed by atoms with Crippen LogP contribution in [0.4, 0.5) is 0 Å². The van der Waals surface area contributed by atoms with Gasteiger partial charge in [0.05, 0.1) is 4.01 Å². The Balaban J connectivity index is 2.81. The van der Waals surface area contributed by atoms with Gasteiger partial charge in [-0.2, -0.15) is 5.26 Å². The first kappa shape index (κ1) is 5.90. The summed E-state index contributed by atoms with van der Waals surface area (Å²) in [6.07, 6.45) is 0. The van der Waals surface area contributed by atoms with Crippen molar-refractivity contribution < 1.29 is 0 Å². The van der Waals surface area contributed by atoms with Crippen LogP contribution in [-0.4, -0.2) is 0 Å². The summed E-state index contributed by atoms with van der Waals surface area (Å²) >= 11 is 3.25. The van der Waals surface area contributed by atoms with Crippen molar-refractivity contribution in [2.45, 2.75) is 0 Å². The van der Waals surface area contributed by atoms with Crippen molar-refractivity contribution in [2.75, 3.05) is 0 Å². The lowest BCUT2D eigenvalue weighted by Crippen LogP contribution is -1.52. The zero-order valence-electron chi connectivity index (χ0n) is 5.00. The van der Waals surface area contributed by atoms with Crippen molar-refractivity contribution in [3.8, 4) is 6.07 Å². The van der Waals surface area contributed by atoms with Gasteiger partial charge in [0.15, 0.2) is 0 Å². The number of hydrogen-bond donors (Lipinski definition) is 0. The lowest BCUT2D eigenvalue weighted by molar-refractivity contribution is 1.52. The van der Waals surface area contributed by atoms with Crippen molar-refractivity contribution in [2.24, 2.45) is 0 Å². The Hall–Kier alpha value is -0.850. The molecule has 2 rings (SSSR count). The highest BCUT2D eigenvalue weighted by molar-refractivity contribution is 7.37. The third-order valence-corrected chi connectivity index (χ3v) is 3.37. The molecule has 0 atom stereocenters. The average molecular weight is 165 g/mol. The van der Waals surface area contributed by atoms with Gasteiger partial charge in [-0.3, -0.25) is 0 Å². The van der Waals surface area contributed by atoms with Gasteiger partial charge in [0.25, 0.3) is 0 Å². The molecular formula is C7H3NS2. The van der Waals surface area contributed by atoms with Crippen LogP contribution in [0.2, 0.25) is 0 Å². The van der Waals surface area contributed by atoms with E-state index in [1.165, 1.54) is 9.40 Å². The van der Waals surface area contributed by atoms with Crippen molar-refractivity contribution in [1.29, 1.82) is 5.26 Å². The van der Waals surface area contributed by atoms with E-state index in [1.807, 2.05) is 17.5 Å². The Morgan fingerprint density at radius 2 is 2.40 bits per heavy atom. The van der Waals surface area contributed by atoms with Crippen molar-refractivity contribution in [1.82, 2.24) is 0 Å². The SMILES string of the molecule is N#Cc1cc2ccsc2s1. The predicted molar refractivity (Wildman–Crippen MR) is 44.4 cm³/mol. The first-order valence-corrected chi connectivity index (χ1v) is 4.47. The number of rotatable bonds is 0. The molecular weight excluding hydrogens is 162 g/mol. The average Bonchev–Trinajstić information content (AvgIpc) is 2.42. The van der Waals surface area contributed by atoms with Gasteiger partial charge in [-0.05, 0) is 17.5 Å². The van der Waals surface area contributed by atoms with E-state index in [4.69, 9.17) is 5.26 Å². The maximum atomic E-state index is 8.52. The second kappa shape index (κ2) is 2.08. The highest BCUT2D eigenvalue weighted by atomic mass is 32.2. The molecule has 10 heavy (non-hydrogen) atoms. The molecule has 0 bridgehead atoms. The molecule has 0 radical (unpaired) electrons. The molecule has 2 aromatic rings. The van der Waals surface area contributed by atoms with Crippen LogP contribution in [0.5, 0.6) is 0 Å². The number of nitrogens with zero attached hydrogens (tertiary/aromatic N) is 1. The van der Waals surface area contributed by atoms with Gasteiger partial charge in [0, 0.05) is 5.39 Å². The van der Waals surface area contributed by atoms with E-state index in [-0.39, 0.29) is 0 Å². The van der Waals surface area contributed by atoms with Crippen LogP contribution in [0.1, 0.15) is 4.88 Å². The van der Waals surface area contributed by atoms with Gasteiger partial charge in [0.1, 0.15) is 10.9 Å². The lowest BCUT2D eigenvalue weighted by atomic mass is 10.4. The van der Waals surface area contributed by atoms with Crippen molar-refractivity contribution >= 4 is 32.1 Å². The molecule has 3 heteroatoms. The van der Waals surface area contributed by atoms with E-state index < -0.39 is 0 Å². The summed E-state index contributed by atoms with van der Waals surface area (Å²) in [5.41, 5.74) is 0. The van der Waals surface area contributed by atoms with Gasteiger partial charge in [-0.25, -0.2) is 0 Å². The first-order chi connectivity index (χ1) is 4.90. The normalized spacial score (nSPS) is 9.90. The summed E-state index contributed by atoms with van der Waals surface area (Å²) in [5.74, 6) is 0. The summed E-state index contributed by atoms with van der Waals surface area (Å²) in [6, 6.07) is 6.09. The summed E-state index contributed by atoms with van der Waals surface area (Å²) in [5, 5.41) is 11.8. The third kappa shape index (κ3) is 0.737. The standard InChI is InChI=1S/C7H3NS2/c8-4-6-3-5-1-2-9-7(5)10-6/h1-3H. The topological polar surface area (TPSA) is 23.8 Å². The monoisotopic (exact) mass is 165 g/mol. The summed E-state index contributed by atoms with van der Waals surface area (Å²) in [6.45, 7) is 0. The molecule has 0 saturated carbocycles. The molecule has 0 aliphatic rings. The quantitative estimate of drug-likeness (QED) is 0.589. The van der Waals surface area contributed by atoms with E-state index in [0.717, 1.165) is 4.88 Å². The highest BCUT2D eigenvalue weighted by Crippen LogP contribution is 2.29. The molecule has 0 aromatic carbocycles. The highest BCUT2D eigenvalue weighted by Gasteiger charge is 1.99. The minimum absolute atomic E-state index is 0.807. The number of hydrogen-bond acceptors (Lipinski definition) is 3. The van der Waals surface area contributed by atoms with E-state index >= 15 is 0 Å². The molecule has 1 nitrogen and oxygen atoms in total. The van der Waals surface area contributed by atoms with Gasteiger partial charge in [0.2, 0.25) is 0 Å². The molecule has 0 saturated heterocycles. The number of thiophene rings is 2. The van der Waals surface area contributed by atoms with Crippen molar-refractivity contribution in [3.63, 3.8) is 0 Å². The Bertz CT molecular complexity index is 362. The second-order valence-corrected chi connectivity index (χ2v) is 4.11. The first-order valence-electron chi connectivity index (χ1n) is 2.77. The zero-order valence-corrected chi connectivity index (χ0v) is 6.63. The van der Waals surface area contributed by atoms with E-state index in [1.54, 1.807) is 22.7 Å². The molecule has 0 unspecified atom stereocenters. The van der Waals surface area contributed by atoms with Gasteiger partial charge in [-0.1, -0.05) is 0 Å². The minimum atomic E-state index is 0.807. The summed E-state index contributed by atoms with van der Waals surface area (Å²) < 4.78 is 1.25. The Morgan fingerprint density at radius 1 is 1.50 bits per heavy atom. The molecule has 0 N–H and O–H groups in total. The van der Waals surface area contributed by atoms with Crippen LogP contribution in [0, 0.1) is 11.3 Å². The minimum Gasteiger partial charge on any atom is -0.192 e. The zero-order chi connectivity index (χ0) is 6.97. The molecule has 2 heterocycles. The van der Waals surface area contributed by atoms with Crippen LogP contribution < -0.4 is 0 Å². The van der Waals surface area contributed by atoms with Crippen LogP contribution >= 0.6 is 22.7 Å². The van der Waals surface area contributed by atoms with Crippen LogP contribution in [-0.2, 0) is 0 Å². The van der Waals surface area contributed by atoms with Gasteiger partial charge < -0.3 is 0 Å². The van der Waals surface area contributed by atoms with Crippen molar-refractivity contribution in [3.05, 3.63) is 22.4 Å². The Labute approximate surface area is 66.2 Å². The summed E-state index contributed by atoms with van der Waals surface area (Å²) in [7, 11) is 0. The fourth-order valence-corrected chi connectivity index (χ4v) is 2.73. The lowest BCUT2D eigenvalue weighted by Gasteiger charge is -1.66. The fourth-order valence-electron chi connectivity index (χ4n) is 0.821. The van der Waals surface area contributed by atoms with Gasteiger partial charge in [-0.15, -0.1) is 22.7 Å². The Morgan fingerprint density at radius 3 is 3.10 bits per heavy atom. The second-order valence-electron chi connectivity index (χ2n) is 1.89. The van der Waals surface area contributed by atoms with E-state index in [0.29, 0.717) is 0 Å². The van der Waals surface area contributed by atoms with Crippen LogP contribution in [0.3, 0.4) is 0 Å². The molecule has 0 fully saturated rings. The fraction of sp³-hybridized carbons (Fsp3) is 0. The third-order valence-electron chi connectivity index (χ3n) is 1.26. The Kier molecular flexibility index (Phi) is 1.23. The molecule has 0 spiro atoms. The van der Waals surface area contributed by atoms with Gasteiger partial charge >= 0.3 is 0 Å².